The Kier molecular flexibility index (Phi) is 6.31. The Morgan fingerprint density at radius 2 is 1.70 bits per heavy atom. The van der Waals surface area contributed by atoms with Crippen LogP contribution in [0.5, 0.6) is 0 Å². The molecule has 0 saturated heterocycles. The molecule has 0 aromatic heterocycles. The summed E-state index contributed by atoms with van der Waals surface area (Å²) in [5.74, 6) is 0. The van der Waals surface area contributed by atoms with E-state index in [1.165, 1.54) is 0 Å². The predicted octanol–water partition coefficient (Wildman–Crippen LogP) is 6.72. The number of rotatable bonds is 3. The standard InChI is InChI=1S/C14H20Cl3IOSi/c1-13(2,3)20(4,5)19-12(14(15,16)17)10-7-6-8-11(18)9-10/h6-9,12H,1-5H3. The highest BCUT2D eigenvalue weighted by Gasteiger charge is 2.44. The van der Waals surface area contributed by atoms with Gasteiger partial charge in [-0.15, -0.1) is 0 Å². The van der Waals surface area contributed by atoms with Gasteiger partial charge in [0.2, 0.25) is 3.79 Å². The highest BCUT2D eigenvalue weighted by atomic mass is 127. The van der Waals surface area contributed by atoms with Gasteiger partial charge in [-0.25, -0.2) is 0 Å². The molecule has 0 radical (unpaired) electrons. The van der Waals surface area contributed by atoms with Crippen LogP contribution in [-0.2, 0) is 4.43 Å². The van der Waals surface area contributed by atoms with Gasteiger partial charge >= 0.3 is 0 Å². The number of halogens is 4. The first-order valence-electron chi connectivity index (χ1n) is 6.34. The molecular weight excluding hydrogens is 446 g/mol. The van der Waals surface area contributed by atoms with Gasteiger partial charge in [0.1, 0.15) is 6.10 Å². The van der Waals surface area contributed by atoms with Crippen LogP contribution in [-0.4, -0.2) is 12.1 Å². The Morgan fingerprint density at radius 1 is 1.15 bits per heavy atom. The van der Waals surface area contributed by atoms with Gasteiger partial charge in [-0.05, 0) is 58.4 Å². The van der Waals surface area contributed by atoms with Gasteiger partial charge in [0, 0.05) is 3.57 Å². The third-order valence-electron chi connectivity index (χ3n) is 3.67. The summed E-state index contributed by atoms with van der Waals surface area (Å²) in [5.41, 5.74) is 0.904. The molecule has 1 aromatic rings. The maximum absolute atomic E-state index is 6.35. The van der Waals surface area contributed by atoms with Crippen LogP contribution in [0.25, 0.3) is 0 Å². The van der Waals surface area contributed by atoms with Gasteiger partial charge < -0.3 is 4.43 Å². The van der Waals surface area contributed by atoms with Crippen LogP contribution >= 0.6 is 57.4 Å². The Morgan fingerprint density at radius 3 is 2.10 bits per heavy atom. The summed E-state index contributed by atoms with van der Waals surface area (Å²) in [5, 5.41) is 0.0586. The first-order chi connectivity index (χ1) is 8.84. The van der Waals surface area contributed by atoms with Gasteiger partial charge in [-0.2, -0.15) is 0 Å². The molecule has 0 aliphatic heterocycles. The summed E-state index contributed by atoms with van der Waals surface area (Å²) in [6, 6.07) is 7.91. The molecule has 1 unspecified atom stereocenters. The van der Waals surface area contributed by atoms with Gasteiger partial charge in [0.15, 0.2) is 8.32 Å². The fourth-order valence-electron chi connectivity index (χ4n) is 1.46. The Hall–Kier alpha value is 0.997. The highest BCUT2D eigenvalue weighted by Crippen LogP contribution is 2.48. The lowest BCUT2D eigenvalue weighted by Gasteiger charge is -2.41. The van der Waals surface area contributed by atoms with Crippen LogP contribution in [0.3, 0.4) is 0 Å². The van der Waals surface area contributed by atoms with E-state index < -0.39 is 18.2 Å². The molecule has 20 heavy (non-hydrogen) atoms. The molecule has 0 fully saturated rings. The maximum atomic E-state index is 6.35. The lowest BCUT2D eigenvalue weighted by molar-refractivity contribution is 0.187. The summed E-state index contributed by atoms with van der Waals surface area (Å²) in [4.78, 5) is 0. The van der Waals surface area contributed by atoms with Crippen molar-refractivity contribution in [2.45, 2.75) is 48.8 Å². The van der Waals surface area contributed by atoms with Crippen LogP contribution in [0.1, 0.15) is 32.4 Å². The van der Waals surface area contributed by atoms with Crippen molar-refractivity contribution in [3.8, 4) is 0 Å². The summed E-state index contributed by atoms with van der Waals surface area (Å²) in [6.45, 7) is 10.8. The molecule has 0 aliphatic rings. The third kappa shape index (κ3) is 5.02. The van der Waals surface area contributed by atoms with Crippen LogP contribution in [0, 0.1) is 3.57 Å². The minimum absolute atomic E-state index is 0.0586. The molecule has 0 aliphatic carbocycles. The van der Waals surface area contributed by atoms with Crippen LogP contribution in [0.4, 0.5) is 0 Å². The van der Waals surface area contributed by atoms with Gasteiger partial charge in [-0.3, -0.25) is 0 Å². The number of hydrogen-bond donors (Lipinski definition) is 0. The zero-order valence-electron chi connectivity index (χ0n) is 12.3. The number of alkyl halides is 3. The molecule has 1 aromatic carbocycles. The van der Waals surface area contributed by atoms with E-state index in [0.717, 1.165) is 9.13 Å². The van der Waals surface area contributed by atoms with Crippen molar-refractivity contribution < 1.29 is 4.43 Å². The summed E-state index contributed by atoms with van der Waals surface area (Å²) in [7, 11) is -2.03. The van der Waals surface area contributed by atoms with E-state index in [0.29, 0.717) is 0 Å². The SMILES string of the molecule is CC(C)(C)[Si](C)(C)OC(c1cccc(I)c1)C(Cl)(Cl)Cl. The quantitative estimate of drug-likeness (QED) is 0.273. The highest BCUT2D eigenvalue weighted by molar-refractivity contribution is 14.1. The minimum Gasteiger partial charge on any atom is -0.406 e. The first-order valence-corrected chi connectivity index (χ1v) is 11.5. The maximum Gasteiger partial charge on any atom is 0.219 e. The van der Waals surface area contributed by atoms with Crippen molar-refractivity contribution in [3.05, 3.63) is 33.4 Å². The molecule has 0 N–H and O–H groups in total. The largest absolute Gasteiger partial charge is 0.406 e. The van der Waals surface area contributed by atoms with Crippen molar-refractivity contribution in [1.82, 2.24) is 0 Å². The molecule has 1 nitrogen and oxygen atoms in total. The molecule has 0 bridgehead atoms. The summed E-state index contributed by atoms with van der Waals surface area (Å²) in [6.07, 6.45) is -0.553. The smallest absolute Gasteiger partial charge is 0.219 e. The normalized spacial score (nSPS) is 15.2. The predicted molar refractivity (Wildman–Crippen MR) is 100 cm³/mol. The Balaban J connectivity index is 3.17. The third-order valence-corrected chi connectivity index (χ3v) is 9.37. The summed E-state index contributed by atoms with van der Waals surface area (Å²) < 4.78 is 5.96. The van der Waals surface area contributed by atoms with E-state index in [9.17, 15) is 0 Å². The van der Waals surface area contributed by atoms with Crippen LogP contribution in [0.2, 0.25) is 18.1 Å². The van der Waals surface area contributed by atoms with E-state index in [4.69, 9.17) is 39.2 Å². The molecule has 0 heterocycles. The first kappa shape index (κ1) is 19.0. The van der Waals surface area contributed by atoms with Crippen molar-refractivity contribution in [3.63, 3.8) is 0 Å². The molecule has 6 heteroatoms. The average molecular weight is 466 g/mol. The zero-order valence-corrected chi connectivity index (χ0v) is 17.7. The van der Waals surface area contributed by atoms with Crippen LogP contribution < -0.4 is 0 Å². The second-order valence-electron chi connectivity index (χ2n) is 6.35. The number of hydrogen-bond acceptors (Lipinski definition) is 1. The Bertz CT molecular complexity index is 466. The molecule has 0 amide bonds. The molecule has 1 rings (SSSR count). The van der Waals surface area contributed by atoms with Crippen LogP contribution in [0.15, 0.2) is 24.3 Å². The molecular formula is C14H20Cl3IOSi. The van der Waals surface area contributed by atoms with E-state index in [2.05, 4.69) is 56.5 Å². The molecule has 0 saturated carbocycles. The second-order valence-corrected chi connectivity index (χ2v) is 14.7. The fourth-order valence-corrected chi connectivity index (χ4v) is 4.02. The van der Waals surface area contributed by atoms with Crippen molar-refractivity contribution in [1.29, 1.82) is 0 Å². The van der Waals surface area contributed by atoms with Gasteiger partial charge in [0.25, 0.3) is 0 Å². The second kappa shape index (κ2) is 6.63. The van der Waals surface area contributed by atoms with Gasteiger partial charge in [-0.1, -0.05) is 67.7 Å². The monoisotopic (exact) mass is 464 g/mol. The molecule has 114 valence electrons. The van der Waals surface area contributed by atoms with Crippen molar-refractivity contribution >= 4 is 65.7 Å². The van der Waals surface area contributed by atoms with Crippen molar-refractivity contribution in [2.24, 2.45) is 0 Å². The van der Waals surface area contributed by atoms with E-state index in [-0.39, 0.29) is 5.04 Å². The zero-order chi connectivity index (χ0) is 15.8. The van der Waals surface area contributed by atoms with Crippen molar-refractivity contribution in [2.75, 3.05) is 0 Å². The van der Waals surface area contributed by atoms with Gasteiger partial charge in [0.05, 0.1) is 0 Å². The Labute approximate surface area is 151 Å². The van der Waals surface area contributed by atoms with E-state index in [1.807, 2.05) is 24.3 Å². The number of benzene rings is 1. The minimum atomic E-state index is -2.03. The van der Waals surface area contributed by atoms with E-state index >= 15 is 0 Å². The molecule has 1 atom stereocenters. The average Bonchev–Trinajstić information content (AvgIpc) is 2.22. The topological polar surface area (TPSA) is 9.23 Å². The lowest BCUT2D eigenvalue weighted by Crippen LogP contribution is -2.44. The van der Waals surface area contributed by atoms with E-state index in [1.54, 1.807) is 0 Å². The lowest BCUT2D eigenvalue weighted by atomic mass is 10.1. The fraction of sp³-hybridized carbons (Fsp3) is 0.571. The summed E-state index contributed by atoms with van der Waals surface area (Å²) >= 11 is 20.8. The molecule has 0 spiro atoms.